The van der Waals surface area contributed by atoms with Crippen molar-refractivity contribution in [1.82, 2.24) is 4.90 Å². The molecule has 0 aliphatic heterocycles. The number of nitrogen functional groups attached to an aromatic ring is 1. The van der Waals surface area contributed by atoms with Crippen LogP contribution in [-0.4, -0.2) is 18.1 Å². The van der Waals surface area contributed by atoms with Gasteiger partial charge in [0, 0.05) is 24.3 Å². The molecule has 4 heteroatoms. The Balaban J connectivity index is 1.74. The average Bonchev–Trinajstić information content (AvgIpc) is 3.16. The molecule has 1 heterocycles. The molecule has 1 fully saturated rings. The van der Waals surface area contributed by atoms with Crippen molar-refractivity contribution in [3.05, 3.63) is 47.9 Å². The number of benzene rings is 1. The second-order valence-electron chi connectivity index (χ2n) is 5.33. The Morgan fingerprint density at radius 3 is 2.80 bits per heavy atom. The Morgan fingerprint density at radius 2 is 2.15 bits per heavy atom. The number of methoxy groups -OCH3 is 1. The van der Waals surface area contributed by atoms with Crippen LogP contribution in [0, 0.1) is 0 Å². The predicted molar refractivity (Wildman–Crippen MR) is 78.4 cm³/mol. The van der Waals surface area contributed by atoms with E-state index < -0.39 is 0 Å². The standard InChI is InChI=1S/C16H20N2O2/c1-19-16-8-12(7-13(17)9-16)10-18(14-4-5-14)11-15-3-2-6-20-15/h2-3,6-9,14H,4-5,10-11,17H2,1H3. The maximum Gasteiger partial charge on any atom is 0.121 e. The van der Waals surface area contributed by atoms with Gasteiger partial charge in [0.15, 0.2) is 0 Å². The minimum Gasteiger partial charge on any atom is -0.497 e. The van der Waals surface area contributed by atoms with Crippen LogP contribution in [0.1, 0.15) is 24.2 Å². The van der Waals surface area contributed by atoms with E-state index in [0.717, 1.165) is 30.3 Å². The molecule has 1 aliphatic carbocycles. The summed E-state index contributed by atoms with van der Waals surface area (Å²) in [4.78, 5) is 2.44. The lowest BCUT2D eigenvalue weighted by Gasteiger charge is -2.21. The number of hydrogen-bond acceptors (Lipinski definition) is 4. The first-order valence-electron chi connectivity index (χ1n) is 6.94. The van der Waals surface area contributed by atoms with E-state index in [-0.39, 0.29) is 0 Å². The maximum absolute atomic E-state index is 5.92. The van der Waals surface area contributed by atoms with Gasteiger partial charge >= 0.3 is 0 Å². The zero-order valence-electron chi connectivity index (χ0n) is 11.7. The lowest BCUT2D eigenvalue weighted by atomic mass is 10.1. The quantitative estimate of drug-likeness (QED) is 0.821. The van der Waals surface area contributed by atoms with Crippen molar-refractivity contribution in [2.45, 2.75) is 32.0 Å². The van der Waals surface area contributed by atoms with E-state index in [4.69, 9.17) is 14.9 Å². The second kappa shape index (κ2) is 5.59. The van der Waals surface area contributed by atoms with Crippen LogP contribution in [0.25, 0.3) is 0 Å². The summed E-state index contributed by atoms with van der Waals surface area (Å²) in [6, 6.07) is 10.5. The molecule has 0 bridgehead atoms. The van der Waals surface area contributed by atoms with Gasteiger partial charge in [0.05, 0.1) is 19.9 Å². The van der Waals surface area contributed by atoms with Gasteiger partial charge in [-0.05, 0) is 42.7 Å². The molecule has 106 valence electrons. The highest BCUT2D eigenvalue weighted by atomic mass is 16.5. The number of furan rings is 1. The van der Waals surface area contributed by atoms with Gasteiger partial charge in [0.1, 0.15) is 11.5 Å². The SMILES string of the molecule is COc1cc(N)cc(CN(Cc2ccco2)C2CC2)c1. The van der Waals surface area contributed by atoms with E-state index in [1.807, 2.05) is 30.3 Å². The zero-order chi connectivity index (χ0) is 13.9. The summed E-state index contributed by atoms with van der Waals surface area (Å²) in [5, 5.41) is 0. The lowest BCUT2D eigenvalue weighted by molar-refractivity contribution is 0.225. The third-order valence-corrected chi connectivity index (χ3v) is 3.61. The maximum atomic E-state index is 5.92. The summed E-state index contributed by atoms with van der Waals surface area (Å²) in [6.07, 6.45) is 4.25. The Hall–Kier alpha value is -1.94. The van der Waals surface area contributed by atoms with Crippen molar-refractivity contribution in [3.63, 3.8) is 0 Å². The van der Waals surface area contributed by atoms with E-state index in [1.54, 1.807) is 13.4 Å². The molecule has 3 rings (SSSR count). The Labute approximate surface area is 119 Å². The van der Waals surface area contributed by atoms with E-state index >= 15 is 0 Å². The molecular weight excluding hydrogens is 252 g/mol. The van der Waals surface area contributed by atoms with Crippen LogP contribution in [0.3, 0.4) is 0 Å². The van der Waals surface area contributed by atoms with Crippen molar-refractivity contribution in [1.29, 1.82) is 0 Å². The fourth-order valence-corrected chi connectivity index (χ4v) is 2.49. The highest BCUT2D eigenvalue weighted by Crippen LogP contribution is 2.31. The minimum absolute atomic E-state index is 0.660. The van der Waals surface area contributed by atoms with Gasteiger partial charge in [0.2, 0.25) is 0 Å². The van der Waals surface area contributed by atoms with Crippen molar-refractivity contribution in [2.75, 3.05) is 12.8 Å². The highest BCUT2D eigenvalue weighted by molar-refractivity contribution is 5.47. The molecule has 1 aliphatic rings. The summed E-state index contributed by atoms with van der Waals surface area (Å²) in [5.74, 6) is 1.82. The molecule has 0 spiro atoms. The largest absolute Gasteiger partial charge is 0.497 e. The normalized spacial score (nSPS) is 14.7. The van der Waals surface area contributed by atoms with Crippen LogP contribution in [0.4, 0.5) is 5.69 Å². The number of nitrogens with two attached hydrogens (primary N) is 1. The van der Waals surface area contributed by atoms with Crippen LogP contribution < -0.4 is 10.5 Å². The summed E-state index contributed by atoms with van der Waals surface area (Å²) in [5.41, 5.74) is 7.85. The summed E-state index contributed by atoms with van der Waals surface area (Å²) < 4.78 is 10.7. The average molecular weight is 272 g/mol. The number of hydrogen-bond donors (Lipinski definition) is 1. The van der Waals surface area contributed by atoms with E-state index in [0.29, 0.717) is 6.04 Å². The van der Waals surface area contributed by atoms with Gasteiger partial charge in [-0.15, -0.1) is 0 Å². The molecule has 20 heavy (non-hydrogen) atoms. The molecule has 1 aromatic carbocycles. The van der Waals surface area contributed by atoms with E-state index in [2.05, 4.69) is 4.90 Å². The molecule has 4 nitrogen and oxygen atoms in total. The lowest BCUT2D eigenvalue weighted by Crippen LogP contribution is -2.24. The first kappa shape index (κ1) is 13.1. The third-order valence-electron chi connectivity index (χ3n) is 3.61. The summed E-state index contributed by atoms with van der Waals surface area (Å²) >= 11 is 0. The molecule has 0 saturated heterocycles. The predicted octanol–water partition coefficient (Wildman–Crippen LogP) is 3.04. The smallest absolute Gasteiger partial charge is 0.121 e. The molecule has 0 atom stereocenters. The second-order valence-corrected chi connectivity index (χ2v) is 5.33. The molecule has 1 saturated carbocycles. The van der Waals surface area contributed by atoms with Crippen LogP contribution >= 0.6 is 0 Å². The Morgan fingerprint density at radius 1 is 1.30 bits per heavy atom. The molecule has 0 radical (unpaired) electrons. The molecule has 1 aromatic heterocycles. The Bertz CT molecular complexity index is 562. The van der Waals surface area contributed by atoms with Crippen LogP contribution in [-0.2, 0) is 13.1 Å². The van der Waals surface area contributed by atoms with Gasteiger partial charge in [-0.3, -0.25) is 4.90 Å². The van der Waals surface area contributed by atoms with E-state index in [1.165, 1.54) is 18.4 Å². The van der Waals surface area contributed by atoms with Crippen LogP contribution in [0.15, 0.2) is 41.0 Å². The van der Waals surface area contributed by atoms with Crippen molar-refractivity contribution in [3.8, 4) is 5.75 Å². The number of rotatable bonds is 6. The molecule has 0 amide bonds. The monoisotopic (exact) mass is 272 g/mol. The fraction of sp³-hybridized carbons (Fsp3) is 0.375. The molecule has 2 N–H and O–H groups in total. The Kier molecular flexibility index (Phi) is 3.65. The number of anilines is 1. The van der Waals surface area contributed by atoms with Gasteiger partial charge in [-0.1, -0.05) is 0 Å². The van der Waals surface area contributed by atoms with Crippen LogP contribution in [0.5, 0.6) is 5.75 Å². The van der Waals surface area contributed by atoms with Crippen molar-refractivity contribution >= 4 is 5.69 Å². The van der Waals surface area contributed by atoms with Gasteiger partial charge in [0.25, 0.3) is 0 Å². The minimum atomic E-state index is 0.660. The highest BCUT2D eigenvalue weighted by Gasteiger charge is 2.29. The third kappa shape index (κ3) is 3.14. The first-order chi connectivity index (χ1) is 9.74. The summed E-state index contributed by atoms with van der Waals surface area (Å²) in [7, 11) is 1.67. The van der Waals surface area contributed by atoms with Crippen molar-refractivity contribution in [2.24, 2.45) is 0 Å². The number of nitrogens with zero attached hydrogens (tertiary/aromatic N) is 1. The molecule has 0 unspecified atom stereocenters. The van der Waals surface area contributed by atoms with Crippen LogP contribution in [0.2, 0.25) is 0 Å². The molecular formula is C16H20N2O2. The zero-order valence-corrected chi connectivity index (χ0v) is 11.7. The summed E-state index contributed by atoms with van der Waals surface area (Å²) in [6.45, 7) is 1.71. The fourth-order valence-electron chi connectivity index (χ4n) is 2.49. The van der Waals surface area contributed by atoms with Gasteiger partial charge < -0.3 is 14.9 Å². The first-order valence-corrected chi connectivity index (χ1v) is 6.94. The van der Waals surface area contributed by atoms with Gasteiger partial charge in [-0.25, -0.2) is 0 Å². The van der Waals surface area contributed by atoms with Gasteiger partial charge in [-0.2, -0.15) is 0 Å². The molecule has 2 aromatic rings. The number of ether oxygens (including phenoxy) is 1. The van der Waals surface area contributed by atoms with Crippen molar-refractivity contribution < 1.29 is 9.15 Å². The van der Waals surface area contributed by atoms with E-state index in [9.17, 15) is 0 Å². The topological polar surface area (TPSA) is 51.6 Å².